The number of aromatic nitrogens is 4. The largest absolute Gasteiger partial charge is 0.385 e. The number of imidazole rings is 1. The third kappa shape index (κ3) is 3.87. The van der Waals surface area contributed by atoms with Gasteiger partial charge in [0.2, 0.25) is 11.0 Å². The van der Waals surface area contributed by atoms with Crippen LogP contribution in [0.1, 0.15) is 24.8 Å². The second kappa shape index (κ2) is 7.49. The van der Waals surface area contributed by atoms with Crippen molar-refractivity contribution in [3.05, 3.63) is 18.2 Å². The van der Waals surface area contributed by atoms with Gasteiger partial charge in [0.1, 0.15) is 11.9 Å². The fourth-order valence-electron chi connectivity index (χ4n) is 2.83. The van der Waals surface area contributed by atoms with E-state index >= 15 is 0 Å². The number of carbonyl (C=O) groups excluding carboxylic acids is 1. The zero-order chi connectivity index (χ0) is 17.1. The molecule has 1 fully saturated rings. The molecule has 0 saturated carbocycles. The van der Waals surface area contributed by atoms with Crippen LogP contribution >= 0.6 is 23.1 Å². The first-order valence-corrected chi connectivity index (χ1v) is 9.49. The molecule has 0 aromatic carbocycles. The summed E-state index contributed by atoms with van der Waals surface area (Å²) in [7, 11) is 1.88. The molecule has 1 aliphatic rings. The molecule has 24 heavy (non-hydrogen) atoms. The molecule has 0 spiro atoms. The molecular formula is C14H20N6O2S2. The Bertz CT molecular complexity index is 695. The highest BCUT2D eigenvalue weighted by Crippen LogP contribution is 2.30. The summed E-state index contributed by atoms with van der Waals surface area (Å²) in [6, 6.07) is 0. The lowest BCUT2D eigenvalue weighted by Crippen LogP contribution is -2.40. The number of piperidine rings is 1. The maximum Gasteiger partial charge on any atom is 0.233 e. The maximum atomic E-state index is 12.3. The van der Waals surface area contributed by atoms with Gasteiger partial charge in [0, 0.05) is 32.5 Å². The number of rotatable bonds is 5. The van der Waals surface area contributed by atoms with Crippen LogP contribution in [0.5, 0.6) is 0 Å². The zero-order valence-electron chi connectivity index (χ0n) is 13.3. The highest BCUT2D eigenvalue weighted by molar-refractivity contribution is 8.01. The van der Waals surface area contributed by atoms with Crippen LogP contribution in [-0.4, -0.2) is 54.5 Å². The van der Waals surface area contributed by atoms with E-state index in [-0.39, 0.29) is 11.8 Å². The summed E-state index contributed by atoms with van der Waals surface area (Å²) < 4.78 is 2.55. The normalized spacial score (nSPS) is 17.2. The molecule has 1 atom stereocenters. The Morgan fingerprint density at radius 3 is 2.83 bits per heavy atom. The zero-order valence-corrected chi connectivity index (χ0v) is 15.0. The predicted octanol–water partition coefficient (Wildman–Crippen LogP) is 0.918. The number of aliphatic hydroxyl groups is 1. The number of thioether (sulfide) groups is 1. The number of aryl methyl sites for hydroxylation is 1. The van der Waals surface area contributed by atoms with Crippen molar-refractivity contribution in [1.29, 1.82) is 0 Å². The smallest absolute Gasteiger partial charge is 0.233 e. The van der Waals surface area contributed by atoms with Crippen molar-refractivity contribution in [2.45, 2.75) is 23.3 Å². The number of aliphatic hydroxyl groups excluding tert-OH is 1. The first-order chi connectivity index (χ1) is 11.5. The molecule has 3 N–H and O–H groups in total. The Labute approximate surface area is 148 Å². The molecule has 8 nitrogen and oxygen atoms in total. The van der Waals surface area contributed by atoms with Gasteiger partial charge in [-0.2, -0.15) is 0 Å². The molecule has 1 aliphatic heterocycles. The lowest BCUT2D eigenvalue weighted by molar-refractivity contribution is -0.130. The Kier molecular flexibility index (Phi) is 5.36. The number of nitrogens with zero attached hydrogens (tertiary/aromatic N) is 5. The average molecular weight is 368 g/mol. The van der Waals surface area contributed by atoms with Gasteiger partial charge in [-0.15, -0.1) is 10.2 Å². The van der Waals surface area contributed by atoms with Crippen LogP contribution in [-0.2, 0) is 11.8 Å². The molecule has 2 aromatic rings. The number of carbonyl (C=O) groups is 1. The van der Waals surface area contributed by atoms with E-state index in [4.69, 9.17) is 5.73 Å². The van der Waals surface area contributed by atoms with Gasteiger partial charge in [0.05, 0.1) is 5.75 Å². The van der Waals surface area contributed by atoms with Crippen molar-refractivity contribution in [1.82, 2.24) is 24.6 Å². The highest BCUT2D eigenvalue weighted by atomic mass is 32.2. The molecule has 2 aromatic heterocycles. The minimum Gasteiger partial charge on any atom is -0.385 e. The fourth-order valence-corrected chi connectivity index (χ4v) is 4.37. The van der Waals surface area contributed by atoms with Crippen molar-refractivity contribution >= 4 is 34.1 Å². The molecule has 10 heteroatoms. The summed E-state index contributed by atoms with van der Waals surface area (Å²) in [6.45, 7) is 1.31. The molecule has 0 bridgehead atoms. The van der Waals surface area contributed by atoms with Crippen LogP contribution in [0, 0.1) is 5.92 Å². The molecule has 130 valence electrons. The molecule has 3 rings (SSSR count). The summed E-state index contributed by atoms with van der Waals surface area (Å²) in [5.41, 5.74) is 5.53. The number of hydrogen-bond acceptors (Lipinski definition) is 8. The Balaban J connectivity index is 1.47. The fraction of sp³-hybridized carbons (Fsp3) is 0.571. The van der Waals surface area contributed by atoms with Gasteiger partial charge in [0.25, 0.3) is 0 Å². The molecule has 0 aliphatic carbocycles. The van der Waals surface area contributed by atoms with Crippen molar-refractivity contribution in [2.75, 3.05) is 24.6 Å². The minimum absolute atomic E-state index is 0.0821. The van der Waals surface area contributed by atoms with Crippen LogP contribution in [0.15, 0.2) is 16.7 Å². The number of nitrogen functional groups attached to an aromatic ring is 1. The van der Waals surface area contributed by atoms with Crippen LogP contribution in [0.4, 0.5) is 5.13 Å². The lowest BCUT2D eigenvalue weighted by atomic mass is 9.90. The van der Waals surface area contributed by atoms with Crippen LogP contribution < -0.4 is 5.73 Å². The van der Waals surface area contributed by atoms with Crippen LogP contribution in [0.2, 0.25) is 0 Å². The van der Waals surface area contributed by atoms with Crippen molar-refractivity contribution in [2.24, 2.45) is 13.0 Å². The predicted molar refractivity (Wildman–Crippen MR) is 92.5 cm³/mol. The number of hydrogen-bond donors (Lipinski definition) is 2. The Hall–Kier alpha value is -1.65. The van der Waals surface area contributed by atoms with E-state index in [0.717, 1.165) is 12.8 Å². The molecule has 1 saturated heterocycles. The van der Waals surface area contributed by atoms with Gasteiger partial charge in [-0.1, -0.05) is 23.1 Å². The van der Waals surface area contributed by atoms with Gasteiger partial charge in [0.15, 0.2) is 4.34 Å². The van der Waals surface area contributed by atoms with E-state index in [9.17, 15) is 9.90 Å². The SMILES string of the molecule is Cn1ccnc1[C@H](O)C1CCN(C(=O)CSc2nnc(N)s2)CC1. The number of nitrogens with two attached hydrogens (primary N) is 1. The Morgan fingerprint density at radius 2 is 2.25 bits per heavy atom. The van der Waals surface area contributed by atoms with Gasteiger partial charge >= 0.3 is 0 Å². The second-order valence-electron chi connectivity index (χ2n) is 5.75. The number of likely N-dealkylation sites (tertiary alicyclic amines) is 1. The van der Waals surface area contributed by atoms with E-state index in [2.05, 4.69) is 15.2 Å². The standard InChI is InChI=1S/C14H20N6O2S2/c1-19-7-4-16-12(19)11(22)9-2-5-20(6-3-9)10(21)8-23-14-18-17-13(15)24-14/h4,7,9,11,22H,2-3,5-6,8H2,1H3,(H2,15,17)/t11-/m1/s1. The first kappa shape index (κ1) is 17.2. The monoisotopic (exact) mass is 368 g/mol. The third-order valence-corrected chi connectivity index (χ3v) is 6.07. The third-order valence-electron chi connectivity index (χ3n) is 4.20. The quantitative estimate of drug-likeness (QED) is 0.755. The molecule has 0 unspecified atom stereocenters. The maximum absolute atomic E-state index is 12.3. The first-order valence-electron chi connectivity index (χ1n) is 7.69. The average Bonchev–Trinajstić information content (AvgIpc) is 3.20. The van der Waals surface area contributed by atoms with Gasteiger partial charge in [-0.05, 0) is 18.8 Å². The van der Waals surface area contributed by atoms with E-state index in [1.807, 2.05) is 22.7 Å². The van der Waals surface area contributed by atoms with Crippen molar-refractivity contribution < 1.29 is 9.90 Å². The highest BCUT2D eigenvalue weighted by Gasteiger charge is 2.30. The molecule has 0 radical (unpaired) electrons. The van der Waals surface area contributed by atoms with Crippen molar-refractivity contribution in [3.63, 3.8) is 0 Å². The van der Waals surface area contributed by atoms with Gasteiger partial charge in [-0.3, -0.25) is 4.79 Å². The summed E-state index contributed by atoms with van der Waals surface area (Å²) in [5.74, 6) is 1.23. The number of anilines is 1. The van der Waals surface area contributed by atoms with Crippen LogP contribution in [0.25, 0.3) is 0 Å². The van der Waals surface area contributed by atoms with E-state index in [1.165, 1.54) is 23.1 Å². The summed E-state index contributed by atoms with van der Waals surface area (Å²) >= 11 is 2.65. The molecular weight excluding hydrogens is 348 g/mol. The van der Waals surface area contributed by atoms with E-state index in [1.54, 1.807) is 6.20 Å². The van der Waals surface area contributed by atoms with Gasteiger partial charge in [-0.25, -0.2) is 4.98 Å². The summed E-state index contributed by atoms with van der Waals surface area (Å²) in [4.78, 5) is 18.4. The topological polar surface area (TPSA) is 110 Å². The Morgan fingerprint density at radius 1 is 1.50 bits per heavy atom. The minimum atomic E-state index is -0.582. The lowest BCUT2D eigenvalue weighted by Gasteiger charge is -2.34. The summed E-state index contributed by atoms with van der Waals surface area (Å²) in [6.07, 6.45) is 4.48. The summed E-state index contributed by atoms with van der Waals surface area (Å²) in [5, 5.41) is 18.5. The van der Waals surface area contributed by atoms with Crippen LogP contribution in [0.3, 0.4) is 0 Å². The number of amides is 1. The molecule has 3 heterocycles. The van der Waals surface area contributed by atoms with Crippen molar-refractivity contribution in [3.8, 4) is 0 Å². The molecule has 1 amide bonds. The second-order valence-corrected chi connectivity index (χ2v) is 7.99. The van der Waals surface area contributed by atoms with E-state index < -0.39 is 6.10 Å². The van der Waals surface area contributed by atoms with E-state index in [0.29, 0.717) is 34.1 Å². The van der Waals surface area contributed by atoms with Gasteiger partial charge < -0.3 is 20.3 Å².